The lowest BCUT2D eigenvalue weighted by Gasteiger charge is -2.01. The minimum absolute atomic E-state index is 0.0444. The fourth-order valence-corrected chi connectivity index (χ4v) is 2.09. The maximum Gasteiger partial charge on any atom is 0.335 e. The molecule has 25 heavy (non-hydrogen) atoms. The third kappa shape index (κ3) is 2.95. The Hall–Kier alpha value is -3.95. The number of aromatic carboxylic acids is 1. The number of carbonyl (C=O) groups is 1. The normalized spacial score (nSPS) is 10.6. The first-order chi connectivity index (χ1) is 11.9. The van der Waals surface area contributed by atoms with Crippen LogP contribution >= 0.6 is 0 Å². The van der Waals surface area contributed by atoms with Crippen LogP contribution in [0, 0.1) is 10.1 Å². The molecule has 0 amide bonds. The maximum absolute atomic E-state index is 10.9. The molecule has 126 valence electrons. The fraction of sp³-hybridized carbons (Fsp3) is 0. The van der Waals surface area contributed by atoms with E-state index in [9.17, 15) is 25.1 Å². The van der Waals surface area contributed by atoms with E-state index in [0.29, 0.717) is 5.56 Å². The Morgan fingerprint density at radius 3 is 2.40 bits per heavy atom. The van der Waals surface area contributed by atoms with E-state index in [1.165, 1.54) is 24.3 Å². The van der Waals surface area contributed by atoms with E-state index in [-0.39, 0.29) is 22.8 Å². The molecule has 0 saturated heterocycles. The lowest BCUT2D eigenvalue weighted by atomic mass is 10.1. The molecule has 0 aliphatic carbocycles. The first-order valence-corrected chi connectivity index (χ1v) is 6.75. The zero-order valence-electron chi connectivity index (χ0n) is 12.3. The van der Waals surface area contributed by atoms with E-state index < -0.39 is 28.1 Å². The summed E-state index contributed by atoms with van der Waals surface area (Å²) in [7, 11) is 0. The van der Waals surface area contributed by atoms with E-state index in [4.69, 9.17) is 9.63 Å². The number of aromatic hydroxyl groups is 2. The van der Waals surface area contributed by atoms with E-state index in [1.54, 1.807) is 0 Å². The summed E-state index contributed by atoms with van der Waals surface area (Å²) in [6.45, 7) is 0. The molecule has 10 nitrogen and oxygen atoms in total. The second-order valence-electron chi connectivity index (χ2n) is 4.93. The molecule has 10 heteroatoms. The Labute approximate surface area is 138 Å². The van der Waals surface area contributed by atoms with E-state index in [0.717, 1.165) is 12.1 Å². The van der Waals surface area contributed by atoms with Gasteiger partial charge in [0, 0.05) is 11.6 Å². The van der Waals surface area contributed by atoms with Gasteiger partial charge in [-0.25, -0.2) is 4.79 Å². The maximum atomic E-state index is 10.9. The highest BCUT2D eigenvalue weighted by Gasteiger charge is 2.22. The van der Waals surface area contributed by atoms with Gasteiger partial charge in [0.05, 0.1) is 16.1 Å². The van der Waals surface area contributed by atoms with Crippen molar-refractivity contribution in [3.8, 4) is 34.3 Å². The summed E-state index contributed by atoms with van der Waals surface area (Å²) in [5.74, 6) is -2.63. The SMILES string of the molecule is O=C(O)c1ccc(-c2noc(-c3cc(O)c(O)c([N+](=O)[O-])c3)n2)cc1. The van der Waals surface area contributed by atoms with Crippen molar-refractivity contribution < 1.29 is 29.6 Å². The Kier molecular flexibility index (Phi) is 3.77. The van der Waals surface area contributed by atoms with Crippen molar-refractivity contribution in [2.24, 2.45) is 0 Å². The number of nitrogens with zero attached hydrogens (tertiary/aromatic N) is 3. The summed E-state index contributed by atoms with van der Waals surface area (Å²) in [6, 6.07) is 7.73. The van der Waals surface area contributed by atoms with Crippen LogP contribution in [0.2, 0.25) is 0 Å². The van der Waals surface area contributed by atoms with Crippen molar-refractivity contribution in [3.63, 3.8) is 0 Å². The molecule has 3 rings (SSSR count). The fourth-order valence-electron chi connectivity index (χ4n) is 2.09. The van der Waals surface area contributed by atoms with E-state index >= 15 is 0 Å². The molecular formula is C15H9N3O7. The Balaban J connectivity index is 1.99. The second-order valence-corrected chi connectivity index (χ2v) is 4.93. The number of aromatic nitrogens is 2. The monoisotopic (exact) mass is 343 g/mol. The summed E-state index contributed by atoms with van der Waals surface area (Å²) >= 11 is 0. The van der Waals surface area contributed by atoms with E-state index in [1.807, 2.05) is 0 Å². The molecule has 3 N–H and O–H groups in total. The van der Waals surface area contributed by atoms with Crippen LogP contribution in [0.3, 0.4) is 0 Å². The molecule has 2 aromatic carbocycles. The molecule has 0 fully saturated rings. The van der Waals surface area contributed by atoms with Crippen LogP contribution in [0.4, 0.5) is 5.69 Å². The topological polar surface area (TPSA) is 160 Å². The minimum Gasteiger partial charge on any atom is -0.504 e. The van der Waals surface area contributed by atoms with Gasteiger partial charge in [-0.15, -0.1) is 0 Å². The molecule has 0 aliphatic rings. The molecule has 0 radical (unpaired) electrons. The molecule has 0 bridgehead atoms. The third-order valence-corrected chi connectivity index (χ3v) is 3.33. The molecular weight excluding hydrogens is 334 g/mol. The lowest BCUT2D eigenvalue weighted by Crippen LogP contribution is -1.95. The van der Waals surface area contributed by atoms with Crippen molar-refractivity contribution in [2.45, 2.75) is 0 Å². The summed E-state index contributed by atoms with van der Waals surface area (Å²) in [6.07, 6.45) is 0. The van der Waals surface area contributed by atoms with Gasteiger partial charge in [-0.1, -0.05) is 17.3 Å². The number of phenolic OH excluding ortho intramolecular Hbond substituents is 2. The number of hydrogen-bond donors (Lipinski definition) is 3. The number of phenols is 2. The molecule has 0 saturated carbocycles. The van der Waals surface area contributed by atoms with Crippen LogP contribution in [0.15, 0.2) is 40.9 Å². The zero-order chi connectivity index (χ0) is 18.1. The number of nitro benzene ring substituents is 1. The van der Waals surface area contributed by atoms with Gasteiger partial charge < -0.3 is 19.8 Å². The molecule has 0 atom stereocenters. The van der Waals surface area contributed by atoms with Crippen LogP contribution in [0.25, 0.3) is 22.8 Å². The summed E-state index contributed by atoms with van der Waals surface area (Å²) < 4.78 is 5.02. The summed E-state index contributed by atoms with van der Waals surface area (Å²) in [4.78, 5) is 24.9. The first kappa shape index (κ1) is 15.9. The van der Waals surface area contributed by atoms with Crippen molar-refractivity contribution in [2.75, 3.05) is 0 Å². The second kappa shape index (κ2) is 5.92. The van der Waals surface area contributed by atoms with Crippen LogP contribution in [0.1, 0.15) is 10.4 Å². The van der Waals surface area contributed by atoms with Crippen molar-refractivity contribution in [1.29, 1.82) is 0 Å². The van der Waals surface area contributed by atoms with Gasteiger partial charge in [-0.3, -0.25) is 10.1 Å². The van der Waals surface area contributed by atoms with Crippen molar-refractivity contribution in [3.05, 3.63) is 52.1 Å². The molecule has 0 aliphatic heterocycles. The third-order valence-electron chi connectivity index (χ3n) is 3.33. The number of hydrogen-bond acceptors (Lipinski definition) is 8. The Bertz CT molecular complexity index is 979. The molecule has 1 aromatic heterocycles. The molecule has 1 heterocycles. The van der Waals surface area contributed by atoms with Crippen LogP contribution in [-0.2, 0) is 0 Å². The number of nitro groups is 1. The van der Waals surface area contributed by atoms with Gasteiger partial charge in [-0.05, 0) is 18.2 Å². The Morgan fingerprint density at radius 1 is 1.12 bits per heavy atom. The summed E-state index contributed by atoms with van der Waals surface area (Å²) in [5.41, 5.74) is -0.104. The first-order valence-electron chi connectivity index (χ1n) is 6.75. The van der Waals surface area contributed by atoms with Crippen molar-refractivity contribution >= 4 is 11.7 Å². The molecule has 0 unspecified atom stereocenters. The highest BCUT2D eigenvalue weighted by molar-refractivity contribution is 5.88. The van der Waals surface area contributed by atoms with Crippen molar-refractivity contribution in [1.82, 2.24) is 10.1 Å². The largest absolute Gasteiger partial charge is 0.504 e. The smallest absolute Gasteiger partial charge is 0.335 e. The number of rotatable bonds is 4. The Morgan fingerprint density at radius 2 is 1.80 bits per heavy atom. The average molecular weight is 343 g/mol. The number of carboxylic acids is 1. The molecule has 3 aromatic rings. The summed E-state index contributed by atoms with van der Waals surface area (Å²) in [5, 5.41) is 42.6. The van der Waals surface area contributed by atoms with Gasteiger partial charge >= 0.3 is 11.7 Å². The highest BCUT2D eigenvalue weighted by atomic mass is 16.6. The van der Waals surface area contributed by atoms with Gasteiger partial charge in [-0.2, -0.15) is 4.98 Å². The lowest BCUT2D eigenvalue weighted by molar-refractivity contribution is -0.385. The minimum atomic E-state index is -1.08. The van der Waals surface area contributed by atoms with Gasteiger partial charge in [0.2, 0.25) is 11.6 Å². The number of carboxylic acid groups (broad SMARTS) is 1. The van der Waals surface area contributed by atoms with Crippen LogP contribution < -0.4 is 0 Å². The van der Waals surface area contributed by atoms with Gasteiger partial charge in [0.15, 0.2) is 5.75 Å². The van der Waals surface area contributed by atoms with E-state index in [2.05, 4.69) is 10.1 Å². The van der Waals surface area contributed by atoms with Gasteiger partial charge in [0.1, 0.15) is 0 Å². The van der Waals surface area contributed by atoms with Crippen LogP contribution in [0.5, 0.6) is 11.5 Å². The van der Waals surface area contributed by atoms with Crippen LogP contribution in [-0.4, -0.2) is 36.4 Å². The van der Waals surface area contributed by atoms with Gasteiger partial charge in [0.25, 0.3) is 5.89 Å². The predicted molar refractivity (Wildman–Crippen MR) is 82.1 cm³/mol. The average Bonchev–Trinajstić information content (AvgIpc) is 3.07. The zero-order valence-corrected chi connectivity index (χ0v) is 12.3. The molecule has 0 spiro atoms. The predicted octanol–water partition coefficient (Wildman–Crippen LogP) is 2.42. The number of benzene rings is 2. The highest BCUT2D eigenvalue weighted by Crippen LogP contribution is 2.39. The standard InChI is InChI=1S/C15H9N3O7/c19-11-6-9(5-10(12(11)20)18(23)24)14-16-13(17-25-14)7-1-3-8(4-2-7)15(21)22/h1-6,19-20H,(H,21,22). The quantitative estimate of drug-likeness (QED) is 0.367.